The molecule has 3 aromatic rings. The monoisotopic (exact) mass is 504 g/mol. The minimum Gasteiger partial charge on any atom is -0.395 e. The summed E-state index contributed by atoms with van der Waals surface area (Å²) in [6.45, 7) is 3.06. The van der Waals surface area contributed by atoms with Crippen LogP contribution in [-0.4, -0.2) is 49.7 Å². The molecule has 0 aliphatic carbocycles. The van der Waals surface area contributed by atoms with Crippen LogP contribution in [0, 0.1) is 17.0 Å². The number of halogens is 1. The summed E-state index contributed by atoms with van der Waals surface area (Å²) in [5.41, 5.74) is 1.89. The van der Waals surface area contributed by atoms with Crippen molar-refractivity contribution in [1.29, 1.82) is 0 Å². The predicted octanol–water partition coefficient (Wildman–Crippen LogP) is 3.91. The van der Waals surface area contributed by atoms with Crippen LogP contribution in [0.2, 0.25) is 5.02 Å². The van der Waals surface area contributed by atoms with Crippen LogP contribution in [0.3, 0.4) is 0 Å². The second kappa shape index (κ2) is 9.45. The molecule has 2 heterocycles. The summed E-state index contributed by atoms with van der Waals surface area (Å²) in [7, 11) is -3.63. The molecule has 0 bridgehead atoms. The quantitative estimate of drug-likeness (QED) is 0.398. The zero-order valence-corrected chi connectivity index (χ0v) is 19.7. The molecule has 1 aromatic heterocycles. The lowest BCUT2D eigenvalue weighted by atomic mass is 10.2. The first-order valence-corrected chi connectivity index (χ1v) is 12.1. The fraction of sp³-hybridized carbons (Fsp3) is 0.227. The number of carbonyl (C=O) groups is 1. The van der Waals surface area contributed by atoms with E-state index in [1.54, 1.807) is 42.5 Å². The van der Waals surface area contributed by atoms with Crippen molar-refractivity contribution in [2.24, 2.45) is 0 Å². The zero-order chi connectivity index (χ0) is 24.5. The fourth-order valence-electron chi connectivity index (χ4n) is 3.68. The van der Waals surface area contributed by atoms with Gasteiger partial charge in [0.2, 0.25) is 10.0 Å². The molecule has 1 aliphatic heterocycles. The first kappa shape index (κ1) is 23.7. The van der Waals surface area contributed by atoms with E-state index in [4.69, 9.17) is 16.0 Å². The van der Waals surface area contributed by atoms with Crippen LogP contribution < -0.4 is 10.2 Å². The fourth-order valence-corrected chi connectivity index (χ4v) is 5.40. The number of anilines is 2. The number of sulfonamides is 1. The van der Waals surface area contributed by atoms with Gasteiger partial charge in [0.1, 0.15) is 4.92 Å². The average molecular weight is 505 g/mol. The van der Waals surface area contributed by atoms with Gasteiger partial charge in [-0.2, -0.15) is 4.31 Å². The normalized spacial score (nSPS) is 14.7. The number of furan rings is 1. The van der Waals surface area contributed by atoms with Crippen LogP contribution in [0.15, 0.2) is 63.9 Å². The number of para-hydroxylation sites is 1. The van der Waals surface area contributed by atoms with Crippen LogP contribution >= 0.6 is 11.6 Å². The molecule has 1 fully saturated rings. The van der Waals surface area contributed by atoms with Gasteiger partial charge >= 0.3 is 5.88 Å². The topological polar surface area (TPSA) is 126 Å². The van der Waals surface area contributed by atoms with Gasteiger partial charge in [0.25, 0.3) is 5.91 Å². The van der Waals surface area contributed by atoms with Crippen LogP contribution in [0.1, 0.15) is 16.1 Å². The molecule has 10 nitrogen and oxygen atoms in total. The second-order valence-electron chi connectivity index (χ2n) is 7.69. The lowest BCUT2D eigenvalue weighted by Crippen LogP contribution is -2.49. The van der Waals surface area contributed by atoms with E-state index in [1.807, 2.05) is 11.8 Å². The number of rotatable bonds is 6. The molecule has 12 heteroatoms. The lowest BCUT2D eigenvalue weighted by molar-refractivity contribution is -0.402. The molecule has 2 aromatic carbocycles. The first-order valence-electron chi connectivity index (χ1n) is 10.3. The Morgan fingerprint density at radius 3 is 2.35 bits per heavy atom. The molecule has 1 N–H and O–H groups in total. The molecule has 1 saturated heterocycles. The number of carbonyl (C=O) groups excluding carboxylic acids is 1. The molecular formula is C22H21ClN4O6S. The van der Waals surface area contributed by atoms with Gasteiger partial charge < -0.3 is 14.6 Å². The van der Waals surface area contributed by atoms with Gasteiger partial charge in [-0.3, -0.25) is 14.9 Å². The Kier molecular flexibility index (Phi) is 6.60. The molecule has 0 unspecified atom stereocenters. The van der Waals surface area contributed by atoms with E-state index < -0.39 is 26.7 Å². The number of aryl methyl sites for hydroxylation is 1. The van der Waals surface area contributed by atoms with Crippen LogP contribution in [-0.2, 0) is 10.0 Å². The Balaban J connectivity index is 1.50. The van der Waals surface area contributed by atoms with Gasteiger partial charge in [0, 0.05) is 26.2 Å². The third kappa shape index (κ3) is 4.76. The number of piperazine rings is 1. The number of nitro groups is 1. The SMILES string of the molecule is Cc1ccc(S(=O)(=O)N2CCN(c3c(Cl)cccc3NC(=O)c3ccc([N+](=O)[O-])o3)CC2)cc1. The maximum Gasteiger partial charge on any atom is 0.433 e. The van der Waals surface area contributed by atoms with Gasteiger partial charge in [-0.15, -0.1) is 0 Å². The van der Waals surface area contributed by atoms with Gasteiger partial charge in [0.15, 0.2) is 5.76 Å². The molecule has 178 valence electrons. The van der Waals surface area contributed by atoms with Gasteiger partial charge in [-0.1, -0.05) is 35.4 Å². The van der Waals surface area contributed by atoms with Crippen molar-refractivity contribution in [3.8, 4) is 0 Å². The maximum absolute atomic E-state index is 13.0. The van der Waals surface area contributed by atoms with Crippen LogP contribution in [0.4, 0.5) is 17.3 Å². The number of benzene rings is 2. The largest absolute Gasteiger partial charge is 0.433 e. The van der Waals surface area contributed by atoms with E-state index in [-0.39, 0.29) is 23.7 Å². The Morgan fingerprint density at radius 2 is 1.74 bits per heavy atom. The molecule has 0 atom stereocenters. The Hall–Kier alpha value is -3.41. The summed E-state index contributed by atoms with van der Waals surface area (Å²) in [5, 5.41) is 13.9. The summed E-state index contributed by atoms with van der Waals surface area (Å²) in [6.07, 6.45) is 0. The van der Waals surface area contributed by atoms with Crippen molar-refractivity contribution in [3.05, 3.63) is 81.1 Å². The van der Waals surface area contributed by atoms with Crippen molar-refractivity contribution in [2.45, 2.75) is 11.8 Å². The molecule has 0 spiro atoms. The number of nitrogens with zero attached hydrogens (tertiary/aromatic N) is 3. The van der Waals surface area contributed by atoms with Gasteiger partial charge in [-0.05, 0) is 37.3 Å². The summed E-state index contributed by atoms with van der Waals surface area (Å²) in [5.74, 6) is -1.42. The van der Waals surface area contributed by atoms with Crippen LogP contribution in [0.5, 0.6) is 0 Å². The molecule has 1 amide bonds. The molecule has 1 aliphatic rings. The highest BCUT2D eigenvalue weighted by atomic mass is 35.5. The number of hydrogen-bond donors (Lipinski definition) is 1. The molecule has 0 radical (unpaired) electrons. The maximum atomic E-state index is 13.0. The minimum absolute atomic E-state index is 0.216. The third-order valence-electron chi connectivity index (χ3n) is 5.44. The van der Waals surface area contributed by atoms with Crippen molar-refractivity contribution in [2.75, 3.05) is 36.4 Å². The van der Waals surface area contributed by atoms with E-state index in [9.17, 15) is 23.3 Å². The highest BCUT2D eigenvalue weighted by Gasteiger charge is 2.30. The molecule has 0 saturated carbocycles. The number of amides is 1. The predicted molar refractivity (Wildman–Crippen MR) is 127 cm³/mol. The highest BCUT2D eigenvalue weighted by molar-refractivity contribution is 7.89. The molecule has 4 rings (SSSR count). The standard InChI is InChI=1S/C22H21ClN4O6S/c1-15-5-7-16(8-6-15)34(31,32)26-13-11-25(12-14-26)21-17(23)3-2-4-18(21)24-22(28)19-9-10-20(33-19)27(29)30/h2-10H,11-14H2,1H3,(H,24,28). The van der Waals surface area contributed by atoms with Crippen molar-refractivity contribution >= 4 is 44.8 Å². The van der Waals surface area contributed by atoms with Crippen molar-refractivity contribution < 1.29 is 22.6 Å². The van der Waals surface area contributed by atoms with Crippen molar-refractivity contribution in [1.82, 2.24) is 4.31 Å². The van der Waals surface area contributed by atoms with E-state index in [1.165, 1.54) is 10.4 Å². The van der Waals surface area contributed by atoms with Crippen LogP contribution in [0.25, 0.3) is 0 Å². The van der Waals surface area contributed by atoms with Gasteiger partial charge in [-0.25, -0.2) is 8.42 Å². The summed E-state index contributed by atoms with van der Waals surface area (Å²) < 4.78 is 32.4. The number of hydrogen-bond acceptors (Lipinski definition) is 7. The van der Waals surface area contributed by atoms with E-state index in [0.717, 1.165) is 11.6 Å². The van der Waals surface area contributed by atoms with Gasteiger partial charge in [0.05, 0.1) is 27.4 Å². The zero-order valence-electron chi connectivity index (χ0n) is 18.1. The lowest BCUT2D eigenvalue weighted by Gasteiger charge is -2.36. The Labute approximate surface area is 200 Å². The summed E-state index contributed by atoms with van der Waals surface area (Å²) in [4.78, 5) is 24.8. The first-order chi connectivity index (χ1) is 16.2. The Morgan fingerprint density at radius 1 is 1.06 bits per heavy atom. The second-order valence-corrected chi connectivity index (χ2v) is 10.0. The highest BCUT2D eigenvalue weighted by Crippen LogP contribution is 2.35. The van der Waals surface area contributed by atoms with E-state index in [0.29, 0.717) is 29.5 Å². The third-order valence-corrected chi connectivity index (χ3v) is 7.66. The summed E-state index contributed by atoms with van der Waals surface area (Å²) in [6, 6.07) is 14.0. The summed E-state index contributed by atoms with van der Waals surface area (Å²) >= 11 is 6.44. The number of nitrogens with one attached hydrogen (secondary N) is 1. The minimum atomic E-state index is -3.63. The molecule has 34 heavy (non-hydrogen) atoms. The molecular weight excluding hydrogens is 484 g/mol. The smallest absolute Gasteiger partial charge is 0.395 e. The Bertz CT molecular complexity index is 1330. The van der Waals surface area contributed by atoms with E-state index in [2.05, 4.69) is 5.32 Å². The van der Waals surface area contributed by atoms with E-state index >= 15 is 0 Å². The average Bonchev–Trinajstić information content (AvgIpc) is 3.31. The van der Waals surface area contributed by atoms with Crippen molar-refractivity contribution in [3.63, 3.8) is 0 Å².